The summed E-state index contributed by atoms with van der Waals surface area (Å²) in [5.74, 6) is 2.59. The Morgan fingerprint density at radius 2 is 2.00 bits per heavy atom. The van der Waals surface area contributed by atoms with Crippen LogP contribution in [0.5, 0.6) is 11.5 Å². The highest BCUT2D eigenvalue weighted by Gasteiger charge is 2.10. The first kappa shape index (κ1) is 22.8. The zero-order valence-electron chi connectivity index (χ0n) is 16.7. The highest BCUT2D eigenvalue weighted by atomic mass is 35.5. The molecule has 2 rings (SSSR count). The first-order valence-corrected chi connectivity index (χ1v) is 9.43. The molecular formula is C22H22ClN3O4. The van der Waals surface area contributed by atoms with E-state index >= 15 is 0 Å². The van der Waals surface area contributed by atoms with E-state index in [1.807, 2.05) is 6.92 Å². The molecule has 0 radical (unpaired) electrons. The number of terminal acetylenes is 1. The van der Waals surface area contributed by atoms with Crippen LogP contribution in [-0.2, 0) is 9.59 Å². The van der Waals surface area contributed by atoms with Gasteiger partial charge in [0, 0.05) is 29.1 Å². The minimum absolute atomic E-state index is 0.00252. The molecule has 8 heteroatoms. The van der Waals surface area contributed by atoms with Crippen LogP contribution in [0.4, 0.5) is 5.69 Å². The summed E-state index contributed by atoms with van der Waals surface area (Å²) < 4.78 is 10.7. The normalized spacial score (nSPS) is 10.3. The molecule has 0 atom stereocenters. The highest BCUT2D eigenvalue weighted by Crippen LogP contribution is 2.29. The Morgan fingerprint density at radius 1 is 1.23 bits per heavy atom. The first-order valence-electron chi connectivity index (χ1n) is 9.05. The summed E-state index contributed by atoms with van der Waals surface area (Å²) in [6, 6.07) is 10.4. The molecule has 0 spiro atoms. The number of nitrogens with one attached hydrogen (secondary N) is 2. The van der Waals surface area contributed by atoms with Gasteiger partial charge in [0.15, 0.2) is 11.5 Å². The van der Waals surface area contributed by atoms with Crippen molar-refractivity contribution in [3.05, 3.63) is 52.5 Å². The van der Waals surface area contributed by atoms with E-state index < -0.39 is 5.91 Å². The van der Waals surface area contributed by atoms with E-state index in [0.29, 0.717) is 27.8 Å². The second kappa shape index (κ2) is 11.5. The average molecular weight is 428 g/mol. The molecule has 2 aromatic carbocycles. The molecule has 2 N–H and O–H groups in total. The van der Waals surface area contributed by atoms with Crippen LogP contribution in [0.25, 0.3) is 0 Å². The van der Waals surface area contributed by atoms with Gasteiger partial charge in [-0.2, -0.15) is 5.10 Å². The summed E-state index contributed by atoms with van der Waals surface area (Å²) in [4.78, 5) is 24.0. The van der Waals surface area contributed by atoms with Crippen LogP contribution in [0.1, 0.15) is 24.0 Å². The summed E-state index contributed by atoms with van der Waals surface area (Å²) in [6.07, 6.45) is 6.63. The lowest BCUT2D eigenvalue weighted by Crippen LogP contribution is -2.20. The van der Waals surface area contributed by atoms with Crippen LogP contribution in [0.3, 0.4) is 0 Å². The molecule has 30 heavy (non-hydrogen) atoms. The predicted molar refractivity (Wildman–Crippen MR) is 117 cm³/mol. The van der Waals surface area contributed by atoms with Gasteiger partial charge in [0.1, 0.15) is 6.61 Å². The third-order valence-electron chi connectivity index (χ3n) is 3.96. The second-order valence-corrected chi connectivity index (χ2v) is 6.58. The minimum atomic E-state index is -0.405. The summed E-state index contributed by atoms with van der Waals surface area (Å²) >= 11 is 6.03. The Bertz CT molecular complexity index is 983. The highest BCUT2D eigenvalue weighted by molar-refractivity contribution is 6.31. The zero-order valence-corrected chi connectivity index (χ0v) is 17.5. The number of aryl methyl sites for hydroxylation is 1. The van der Waals surface area contributed by atoms with Gasteiger partial charge in [-0.1, -0.05) is 29.7 Å². The molecule has 0 aliphatic carbocycles. The van der Waals surface area contributed by atoms with Gasteiger partial charge in [0.05, 0.1) is 13.3 Å². The Morgan fingerprint density at radius 3 is 2.70 bits per heavy atom. The number of nitrogens with zero attached hydrogens (tertiary/aromatic N) is 1. The second-order valence-electron chi connectivity index (χ2n) is 6.18. The molecule has 0 fully saturated rings. The maximum Gasteiger partial charge on any atom is 0.240 e. The lowest BCUT2D eigenvalue weighted by atomic mass is 10.2. The Kier molecular flexibility index (Phi) is 8.73. The van der Waals surface area contributed by atoms with Crippen molar-refractivity contribution in [2.75, 3.05) is 19.0 Å². The molecule has 2 aromatic rings. The summed E-state index contributed by atoms with van der Waals surface area (Å²) in [7, 11) is 1.51. The van der Waals surface area contributed by atoms with Crippen LogP contribution in [-0.4, -0.2) is 31.7 Å². The van der Waals surface area contributed by atoms with Crippen molar-refractivity contribution in [3.63, 3.8) is 0 Å². The molecule has 2 amide bonds. The molecular weight excluding hydrogens is 406 g/mol. The number of halogens is 1. The van der Waals surface area contributed by atoms with Crippen LogP contribution in [0.2, 0.25) is 5.02 Å². The van der Waals surface area contributed by atoms with Crippen LogP contribution in [0.15, 0.2) is 41.5 Å². The van der Waals surface area contributed by atoms with Gasteiger partial charge in [0.25, 0.3) is 0 Å². The number of amides is 2. The fourth-order valence-corrected chi connectivity index (χ4v) is 2.59. The number of rotatable bonds is 9. The van der Waals surface area contributed by atoms with E-state index in [4.69, 9.17) is 27.5 Å². The lowest BCUT2D eigenvalue weighted by Gasteiger charge is -2.11. The van der Waals surface area contributed by atoms with Crippen molar-refractivity contribution < 1.29 is 19.1 Å². The van der Waals surface area contributed by atoms with E-state index in [1.54, 1.807) is 36.4 Å². The molecule has 0 heterocycles. The van der Waals surface area contributed by atoms with Crippen molar-refractivity contribution in [2.45, 2.75) is 19.8 Å². The fourth-order valence-electron chi connectivity index (χ4n) is 2.41. The van der Waals surface area contributed by atoms with Crippen molar-refractivity contribution >= 4 is 35.3 Å². The molecule has 0 bridgehead atoms. The van der Waals surface area contributed by atoms with E-state index in [2.05, 4.69) is 21.8 Å². The van der Waals surface area contributed by atoms with Gasteiger partial charge in [-0.3, -0.25) is 9.59 Å². The van der Waals surface area contributed by atoms with Gasteiger partial charge in [-0.15, -0.1) is 6.42 Å². The number of carbonyl (C=O) groups excluding carboxylic acids is 2. The maximum atomic E-state index is 12.0. The molecule has 7 nitrogen and oxygen atoms in total. The monoisotopic (exact) mass is 427 g/mol. The predicted octanol–water partition coefficient (Wildman–Crippen LogP) is 3.54. The van der Waals surface area contributed by atoms with Crippen molar-refractivity contribution in [3.8, 4) is 23.8 Å². The van der Waals surface area contributed by atoms with Crippen molar-refractivity contribution in [2.24, 2.45) is 5.10 Å². The number of carbonyl (C=O) groups is 2. The topological polar surface area (TPSA) is 89.0 Å². The van der Waals surface area contributed by atoms with Gasteiger partial charge in [-0.05, 0) is 36.8 Å². The van der Waals surface area contributed by atoms with Gasteiger partial charge >= 0.3 is 0 Å². The molecule has 156 valence electrons. The van der Waals surface area contributed by atoms with Gasteiger partial charge in [-0.25, -0.2) is 5.43 Å². The zero-order chi connectivity index (χ0) is 21.9. The number of ether oxygens (including phenoxy) is 2. The summed E-state index contributed by atoms with van der Waals surface area (Å²) in [5, 5.41) is 7.16. The van der Waals surface area contributed by atoms with E-state index in [1.165, 1.54) is 13.3 Å². The van der Waals surface area contributed by atoms with Crippen LogP contribution < -0.4 is 20.2 Å². The fraction of sp³-hybridized carbons (Fsp3) is 0.227. The molecule has 0 saturated carbocycles. The smallest absolute Gasteiger partial charge is 0.240 e. The van der Waals surface area contributed by atoms with Crippen LogP contribution >= 0.6 is 11.6 Å². The van der Waals surface area contributed by atoms with Gasteiger partial charge < -0.3 is 14.8 Å². The Hall–Kier alpha value is -3.50. The van der Waals surface area contributed by atoms with E-state index in [0.717, 1.165) is 5.56 Å². The third kappa shape index (κ3) is 6.83. The molecule has 0 saturated heterocycles. The number of anilines is 1. The molecule has 0 aliphatic heterocycles. The first-order chi connectivity index (χ1) is 14.4. The quantitative estimate of drug-likeness (QED) is 0.364. The SMILES string of the molecule is C#CCOc1c(C=NNC(=O)CCC(=O)Nc2ccc(C)c(Cl)c2)cccc1OC. The number of para-hydroxylation sites is 1. The van der Waals surface area contributed by atoms with Crippen LogP contribution in [0, 0.1) is 19.3 Å². The molecule has 0 unspecified atom stereocenters. The molecule has 0 aliphatic rings. The van der Waals surface area contributed by atoms with E-state index in [9.17, 15) is 9.59 Å². The Labute approximate surface area is 180 Å². The van der Waals surface area contributed by atoms with Crippen molar-refractivity contribution in [1.82, 2.24) is 5.43 Å². The largest absolute Gasteiger partial charge is 0.493 e. The number of hydrogen-bond acceptors (Lipinski definition) is 5. The van der Waals surface area contributed by atoms with Gasteiger partial charge in [0.2, 0.25) is 11.8 Å². The lowest BCUT2D eigenvalue weighted by molar-refractivity contribution is -0.124. The third-order valence-corrected chi connectivity index (χ3v) is 4.36. The number of methoxy groups -OCH3 is 1. The number of hydrogen-bond donors (Lipinski definition) is 2. The average Bonchev–Trinajstić information content (AvgIpc) is 2.73. The maximum absolute atomic E-state index is 12.0. The summed E-state index contributed by atoms with van der Waals surface area (Å²) in [5.41, 5.74) is 4.45. The van der Waals surface area contributed by atoms with Crippen molar-refractivity contribution in [1.29, 1.82) is 0 Å². The number of hydrazone groups is 1. The minimum Gasteiger partial charge on any atom is -0.493 e. The number of benzene rings is 2. The van der Waals surface area contributed by atoms with E-state index in [-0.39, 0.29) is 25.4 Å². The Balaban J connectivity index is 1.87. The molecule has 0 aromatic heterocycles. The summed E-state index contributed by atoms with van der Waals surface area (Å²) in [6.45, 7) is 1.93. The standard InChI is InChI=1S/C22H22ClN3O4/c1-4-12-30-22-16(6-5-7-19(22)29-3)14-24-26-21(28)11-10-20(27)25-17-9-8-15(2)18(23)13-17/h1,5-9,13-14H,10-12H2,2-3H3,(H,25,27)(H,26,28).